The monoisotopic (exact) mass is 325 g/mol. The second kappa shape index (κ2) is 7.22. The number of hydrogen-bond donors (Lipinski definition) is 1. The summed E-state index contributed by atoms with van der Waals surface area (Å²) in [5, 5.41) is 3.24. The van der Waals surface area contributed by atoms with Crippen molar-refractivity contribution < 1.29 is 18.3 Å². The lowest BCUT2D eigenvalue weighted by Crippen LogP contribution is -2.27. The van der Waals surface area contributed by atoms with Crippen molar-refractivity contribution in [1.82, 2.24) is 5.32 Å². The molecule has 1 N–H and O–H groups in total. The molecule has 2 aromatic rings. The fourth-order valence-corrected chi connectivity index (χ4v) is 2.33. The van der Waals surface area contributed by atoms with Crippen molar-refractivity contribution >= 4 is 17.5 Å². The van der Waals surface area contributed by atoms with Crippen LogP contribution in [0.25, 0.3) is 0 Å². The predicted molar refractivity (Wildman–Crippen MR) is 80.4 cm³/mol. The zero-order valence-electron chi connectivity index (χ0n) is 11.7. The Morgan fingerprint density at radius 2 is 1.77 bits per heavy atom. The molecule has 0 aliphatic carbocycles. The summed E-state index contributed by atoms with van der Waals surface area (Å²) < 4.78 is 29.1. The molecule has 116 valence electrons. The van der Waals surface area contributed by atoms with E-state index in [-0.39, 0.29) is 17.4 Å². The summed E-state index contributed by atoms with van der Waals surface area (Å²) in [7, 11) is 0. The van der Waals surface area contributed by atoms with Crippen LogP contribution in [-0.4, -0.2) is 12.5 Å². The lowest BCUT2D eigenvalue weighted by molar-refractivity contribution is -0.0501. The third-order valence-electron chi connectivity index (χ3n) is 3.07. The molecular weight excluding hydrogens is 312 g/mol. The van der Waals surface area contributed by atoms with Crippen molar-refractivity contribution in [2.24, 2.45) is 0 Å². The largest absolute Gasteiger partial charge is 0.434 e. The van der Waals surface area contributed by atoms with Gasteiger partial charge in [0.2, 0.25) is 0 Å². The first kappa shape index (κ1) is 16.2. The molecule has 6 heteroatoms. The number of carbonyl (C=O) groups excluding carboxylic acids is 1. The Bertz CT molecular complexity index is 664. The van der Waals surface area contributed by atoms with Gasteiger partial charge in [-0.1, -0.05) is 41.9 Å². The molecule has 2 aromatic carbocycles. The third kappa shape index (κ3) is 3.95. The van der Waals surface area contributed by atoms with Gasteiger partial charge in [-0.25, -0.2) is 0 Å². The molecule has 0 fully saturated rings. The summed E-state index contributed by atoms with van der Waals surface area (Å²) in [6.07, 6.45) is 0. The zero-order chi connectivity index (χ0) is 16.1. The Balaban J connectivity index is 2.17. The molecule has 0 aliphatic rings. The average molecular weight is 326 g/mol. The molecule has 22 heavy (non-hydrogen) atoms. The highest BCUT2D eigenvalue weighted by Crippen LogP contribution is 2.24. The summed E-state index contributed by atoms with van der Waals surface area (Å²) in [6.45, 7) is -1.23. The second-order valence-corrected chi connectivity index (χ2v) is 5.00. The van der Waals surface area contributed by atoms with Gasteiger partial charge in [0.05, 0.1) is 11.6 Å². The van der Waals surface area contributed by atoms with Crippen LogP contribution in [-0.2, 0) is 0 Å². The van der Waals surface area contributed by atoms with E-state index in [0.29, 0.717) is 5.02 Å². The molecule has 0 saturated carbocycles. The van der Waals surface area contributed by atoms with E-state index >= 15 is 0 Å². The molecule has 0 spiro atoms. The van der Waals surface area contributed by atoms with Crippen molar-refractivity contribution in [3.05, 3.63) is 64.7 Å². The number of alkyl halides is 2. The van der Waals surface area contributed by atoms with E-state index < -0.39 is 12.5 Å². The van der Waals surface area contributed by atoms with E-state index in [1.807, 2.05) is 0 Å². The smallest absolute Gasteiger partial charge is 0.387 e. The number of para-hydroxylation sites is 1. The normalized spacial score (nSPS) is 12.0. The van der Waals surface area contributed by atoms with Gasteiger partial charge < -0.3 is 10.1 Å². The number of halogens is 3. The van der Waals surface area contributed by atoms with E-state index in [2.05, 4.69) is 10.1 Å². The van der Waals surface area contributed by atoms with Crippen LogP contribution in [0.4, 0.5) is 8.78 Å². The van der Waals surface area contributed by atoms with Crippen LogP contribution in [0.15, 0.2) is 48.5 Å². The van der Waals surface area contributed by atoms with E-state index in [4.69, 9.17) is 11.6 Å². The first-order valence-electron chi connectivity index (χ1n) is 6.58. The molecule has 1 amide bonds. The van der Waals surface area contributed by atoms with Crippen LogP contribution in [0.2, 0.25) is 5.02 Å². The van der Waals surface area contributed by atoms with Crippen LogP contribution >= 0.6 is 11.6 Å². The Kier molecular flexibility index (Phi) is 5.33. The first-order chi connectivity index (χ1) is 10.5. The molecule has 0 radical (unpaired) electrons. The SMILES string of the molecule is CC(NC(=O)c1ccccc1OC(F)F)c1ccccc1Cl. The lowest BCUT2D eigenvalue weighted by atomic mass is 10.1. The molecule has 1 atom stereocenters. The van der Waals surface area contributed by atoms with Crippen LogP contribution < -0.4 is 10.1 Å². The predicted octanol–water partition coefficient (Wildman–Crippen LogP) is 4.43. The van der Waals surface area contributed by atoms with Crippen LogP contribution in [0.1, 0.15) is 28.9 Å². The van der Waals surface area contributed by atoms with Gasteiger partial charge in [0.1, 0.15) is 5.75 Å². The number of amides is 1. The van der Waals surface area contributed by atoms with Crippen molar-refractivity contribution in [1.29, 1.82) is 0 Å². The van der Waals surface area contributed by atoms with Gasteiger partial charge in [0.15, 0.2) is 0 Å². The quantitative estimate of drug-likeness (QED) is 0.883. The number of rotatable bonds is 5. The number of ether oxygens (including phenoxy) is 1. The summed E-state index contributed by atoms with van der Waals surface area (Å²) in [6, 6.07) is 12.6. The minimum atomic E-state index is -2.99. The fourth-order valence-electron chi connectivity index (χ4n) is 2.03. The Morgan fingerprint density at radius 1 is 1.14 bits per heavy atom. The van der Waals surface area contributed by atoms with E-state index in [1.54, 1.807) is 37.3 Å². The Hall–Kier alpha value is -2.14. The van der Waals surface area contributed by atoms with Crippen LogP contribution in [0.3, 0.4) is 0 Å². The summed E-state index contributed by atoms with van der Waals surface area (Å²) >= 11 is 6.07. The van der Waals surface area contributed by atoms with Gasteiger partial charge in [-0.3, -0.25) is 4.79 Å². The maximum Gasteiger partial charge on any atom is 0.387 e. The van der Waals surface area contributed by atoms with Crippen molar-refractivity contribution in [3.63, 3.8) is 0 Å². The topological polar surface area (TPSA) is 38.3 Å². The molecule has 2 rings (SSSR count). The van der Waals surface area contributed by atoms with Gasteiger partial charge in [-0.15, -0.1) is 0 Å². The molecule has 0 aliphatic heterocycles. The minimum Gasteiger partial charge on any atom is -0.434 e. The van der Waals surface area contributed by atoms with E-state index in [0.717, 1.165) is 5.56 Å². The summed E-state index contributed by atoms with van der Waals surface area (Å²) in [5.74, 6) is -0.676. The van der Waals surface area contributed by atoms with Gasteiger partial charge in [0, 0.05) is 5.02 Å². The van der Waals surface area contributed by atoms with Crippen molar-refractivity contribution in [2.75, 3.05) is 0 Å². The van der Waals surface area contributed by atoms with Crippen LogP contribution in [0.5, 0.6) is 5.75 Å². The minimum absolute atomic E-state index is 0.0432. The molecule has 0 bridgehead atoms. The standard InChI is InChI=1S/C16H14ClF2NO2/c1-10(11-6-2-4-8-13(11)17)20-15(21)12-7-3-5-9-14(12)22-16(18)19/h2-10,16H,1H3,(H,20,21). The highest BCUT2D eigenvalue weighted by Gasteiger charge is 2.18. The maximum absolute atomic E-state index is 12.4. The fraction of sp³-hybridized carbons (Fsp3) is 0.188. The van der Waals surface area contributed by atoms with Crippen molar-refractivity contribution in [3.8, 4) is 5.75 Å². The molecular formula is C16H14ClF2NO2. The highest BCUT2D eigenvalue weighted by molar-refractivity contribution is 6.31. The van der Waals surface area contributed by atoms with Gasteiger partial charge >= 0.3 is 6.61 Å². The number of benzene rings is 2. The number of carbonyl (C=O) groups is 1. The first-order valence-corrected chi connectivity index (χ1v) is 6.96. The lowest BCUT2D eigenvalue weighted by Gasteiger charge is -2.17. The molecule has 3 nitrogen and oxygen atoms in total. The van der Waals surface area contributed by atoms with Gasteiger partial charge in [-0.2, -0.15) is 8.78 Å². The highest BCUT2D eigenvalue weighted by atomic mass is 35.5. The van der Waals surface area contributed by atoms with Gasteiger partial charge in [0.25, 0.3) is 5.91 Å². The number of hydrogen-bond acceptors (Lipinski definition) is 2. The van der Waals surface area contributed by atoms with E-state index in [9.17, 15) is 13.6 Å². The molecule has 0 aromatic heterocycles. The molecule has 0 saturated heterocycles. The van der Waals surface area contributed by atoms with Crippen LogP contribution in [0, 0.1) is 0 Å². The summed E-state index contributed by atoms with van der Waals surface area (Å²) in [5.41, 5.74) is 0.784. The summed E-state index contributed by atoms with van der Waals surface area (Å²) in [4.78, 5) is 12.3. The second-order valence-electron chi connectivity index (χ2n) is 4.59. The zero-order valence-corrected chi connectivity index (χ0v) is 12.5. The van der Waals surface area contributed by atoms with E-state index in [1.165, 1.54) is 18.2 Å². The van der Waals surface area contributed by atoms with Gasteiger partial charge in [-0.05, 0) is 30.7 Å². The Morgan fingerprint density at radius 3 is 2.45 bits per heavy atom. The molecule has 1 unspecified atom stereocenters. The maximum atomic E-state index is 12.4. The Labute approximate surface area is 131 Å². The molecule has 0 heterocycles. The number of nitrogens with one attached hydrogen (secondary N) is 1. The van der Waals surface area contributed by atoms with Crippen molar-refractivity contribution in [2.45, 2.75) is 19.6 Å². The third-order valence-corrected chi connectivity index (χ3v) is 3.41. The average Bonchev–Trinajstić information content (AvgIpc) is 2.47.